The second-order valence-corrected chi connectivity index (χ2v) is 5.66. The molecule has 0 unspecified atom stereocenters. The number of benzene rings is 2. The van der Waals surface area contributed by atoms with Crippen molar-refractivity contribution in [3.63, 3.8) is 0 Å². The van der Waals surface area contributed by atoms with Gasteiger partial charge in [-0.1, -0.05) is 12.6 Å². The first-order valence-electron chi connectivity index (χ1n) is 8.28. The zero-order valence-electron chi connectivity index (χ0n) is 16.2. The Morgan fingerprint density at radius 1 is 0.929 bits per heavy atom. The molecule has 0 fully saturated rings. The second-order valence-electron chi connectivity index (χ2n) is 5.66. The average Bonchev–Trinajstić information content (AvgIpc) is 2.75. The molecule has 7 heteroatoms. The minimum absolute atomic E-state index is 0.495. The van der Waals surface area contributed by atoms with E-state index in [1.54, 1.807) is 32.9 Å². The van der Waals surface area contributed by atoms with Crippen LogP contribution in [0.1, 0.15) is 16.7 Å². The van der Waals surface area contributed by atoms with E-state index in [9.17, 15) is 4.79 Å². The number of hydrogen-bond donors (Lipinski definition) is 2. The molecule has 0 spiro atoms. The highest BCUT2D eigenvalue weighted by atomic mass is 16.5. The molecule has 2 aromatic carbocycles. The molecule has 0 radical (unpaired) electrons. The molecular formula is C21H23NO6. The first-order valence-corrected chi connectivity index (χ1v) is 8.28. The van der Waals surface area contributed by atoms with Crippen LogP contribution >= 0.6 is 0 Å². The van der Waals surface area contributed by atoms with Crippen molar-refractivity contribution in [3.05, 3.63) is 59.7 Å². The second kappa shape index (κ2) is 9.48. The van der Waals surface area contributed by atoms with Gasteiger partial charge < -0.3 is 18.9 Å². The Hall–Kier alpha value is -3.45. The summed E-state index contributed by atoms with van der Waals surface area (Å²) >= 11 is 0. The molecule has 0 bridgehead atoms. The molecule has 2 N–H and O–H groups in total. The number of hydroxylamine groups is 1. The van der Waals surface area contributed by atoms with Gasteiger partial charge in [-0.2, -0.15) is 0 Å². The van der Waals surface area contributed by atoms with Crippen LogP contribution in [0, 0.1) is 0 Å². The molecule has 0 aliphatic rings. The van der Waals surface area contributed by atoms with Crippen molar-refractivity contribution in [2.24, 2.45) is 0 Å². The maximum Gasteiger partial charge on any atom is 0.267 e. The van der Waals surface area contributed by atoms with Crippen molar-refractivity contribution in [1.29, 1.82) is 0 Å². The summed E-state index contributed by atoms with van der Waals surface area (Å²) in [5, 5.41) is 8.64. The van der Waals surface area contributed by atoms with Gasteiger partial charge in [-0.05, 0) is 47.0 Å². The van der Waals surface area contributed by atoms with E-state index in [4.69, 9.17) is 24.2 Å². The van der Waals surface area contributed by atoms with Gasteiger partial charge in [0.2, 0.25) is 5.75 Å². The lowest BCUT2D eigenvalue weighted by atomic mass is 9.96. The number of carbonyl (C=O) groups excluding carboxylic acids is 1. The zero-order valence-corrected chi connectivity index (χ0v) is 16.2. The normalized spacial score (nSPS) is 10.5. The lowest BCUT2D eigenvalue weighted by Gasteiger charge is -2.16. The monoisotopic (exact) mass is 385 g/mol. The summed E-state index contributed by atoms with van der Waals surface area (Å²) in [6.07, 6.45) is 2.74. The highest BCUT2D eigenvalue weighted by Crippen LogP contribution is 2.41. The van der Waals surface area contributed by atoms with E-state index < -0.39 is 5.91 Å². The van der Waals surface area contributed by atoms with Crippen molar-refractivity contribution in [3.8, 4) is 23.0 Å². The summed E-state index contributed by atoms with van der Waals surface area (Å²) in [7, 11) is 6.17. The van der Waals surface area contributed by atoms with Gasteiger partial charge in [0.1, 0.15) is 5.75 Å². The minimum Gasteiger partial charge on any atom is -0.496 e. The maximum atomic E-state index is 11.3. The standard InChI is InChI=1S/C21H23NO6/c1-13(16-11-18(26-3)21(28-5)19(12-16)27-4)14-6-8-17(25-2)15(10-14)7-9-20(23)22-24/h6-12,24H,1H2,2-5H3,(H,22,23)/b9-7+. The number of carbonyl (C=O) groups is 1. The largest absolute Gasteiger partial charge is 0.496 e. The predicted octanol–water partition coefficient (Wildman–Crippen LogP) is 3.30. The van der Waals surface area contributed by atoms with E-state index in [-0.39, 0.29) is 0 Å². The first-order chi connectivity index (χ1) is 13.5. The highest BCUT2D eigenvalue weighted by Gasteiger charge is 2.16. The van der Waals surface area contributed by atoms with Gasteiger partial charge in [0.15, 0.2) is 11.5 Å². The number of rotatable bonds is 8. The first kappa shape index (κ1) is 20.9. The summed E-state index contributed by atoms with van der Waals surface area (Å²) in [5.74, 6) is 1.46. The van der Waals surface area contributed by atoms with E-state index in [1.165, 1.54) is 19.3 Å². The third-order valence-corrected chi connectivity index (χ3v) is 4.12. The number of methoxy groups -OCH3 is 4. The average molecular weight is 385 g/mol. The Bertz CT molecular complexity index is 879. The van der Waals surface area contributed by atoms with E-state index in [0.29, 0.717) is 34.1 Å². The molecule has 148 valence electrons. The van der Waals surface area contributed by atoms with Crippen molar-refractivity contribution in [2.45, 2.75) is 0 Å². The quantitative estimate of drug-likeness (QED) is 0.412. The molecule has 28 heavy (non-hydrogen) atoms. The smallest absolute Gasteiger partial charge is 0.267 e. The number of ether oxygens (including phenoxy) is 4. The molecule has 0 heterocycles. The number of amides is 1. The SMILES string of the molecule is C=C(c1ccc(OC)c(/C=C/C(=O)NO)c1)c1cc(OC)c(OC)c(OC)c1. The third kappa shape index (κ3) is 4.44. The molecule has 0 atom stereocenters. The molecule has 7 nitrogen and oxygen atoms in total. The van der Waals surface area contributed by atoms with Crippen molar-refractivity contribution in [1.82, 2.24) is 5.48 Å². The fourth-order valence-corrected chi connectivity index (χ4v) is 2.68. The van der Waals surface area contributed by atoms with Crippen LogP contribution in [0.4, 0.5) is 0 Å². The van der Waals surface area contributed by atoms with Gasteiger partial charge in [-0.15, -0.1) is 0 Å². The Labute approximate surface area is 163 Å². The predicted molar refractivity (Wildman–Crippen MR) is 106 cm³/mol. The zero-order chi connectivity index (χ0) is 20.7. The molecule has 0 aliphatic heterocycles. The van der Waals surface area contributed by atoms with Crippen LogP contribution < -0.4 is 24.4 Å². The Morgan fingerprint density at radius 3 is 2.04 bits per heavy atom. The molecule has 2 rings (SSSR count). The fraction of sp³-hybridized carbons (Fsp3) is 0.190. The van der Waals surface area contributed by atoms with Crippen LogP contribution in [0.2, 0.25) is 0 Å². The Morgan fingerprint density at radius 2 is 1.54 bits per heavy atom. The van der Waals surface area contributed by atoms with Crippen molar-refractivity contribution >= 4 is 17.6 Å². The van der Waals surface area contributed by atoms with Gasteiger partial charge in [-0.25, -0.2) is 5.48 Å². The summed E-state index contributed by atoms with van der Waals surface area (Å²) in [5.41, 5.74) is 4.49. The minimum atomic E-state index is -0.643. The third-order valence-electron chi connectivity index (χ3n) is 4.12. The lowest BCUT2D eigenvalue weighted by molar-refractivity contribution is -0.124. The molecule has 0 saturated heterocycles. The highest BCUT2D eigenvalue weighted by molar-refractivity contribution is 5.91. The van der Waals surface area contributed by atoms with Crippen LogP contribution in [-0.2, 0) is 4.79 Å². The van der Waals surface area contributed by atoms with E-state index in [1.807, 2.05) is 24.3 Å². The topological polar surface area (TPSA) is 86.3 Å². The maximum absolute atomic E-state index is 11.3. The van der Waals surface area contributed by atoms with Crippen molar-refractivity contribution in [2.75, 3.05) is 28.4 Å². The van der Waals surface area contributed by atoms with E-state index in [2.05, 4.69) is 6.58 Å². The van der Waals surface area contributed by atoms with E-state index in [0.717, 1.165) is 11.1 Å². The van der Waals surface area contributed by atoms with Crippen LogP contribution in [0.25, 0.3) is 11.6 Å². The summed E-state index contributed by atoms with van der Waals surface area (Å²) in [6, 6.07) is 9.07. The molecule has 0 aromatic heterocycles. The van der Waals surface area contributed by atoms with Crippen LogP contribution in [0.15, 0.2) is 43.0 Å². The lowest BCUT2D eigenvalue weighted by Crippen LogP contribution is -2.14. The van der Waals surface area contributed by atoms with Crippen LogP contribution in [0.3, 0.4) is 0 Å². The van der Waals surface area contributed by atoms with Gasteiger partial charge in [0, 0.05) is 11.6 Å². The van der Waals surface area contributed by atoms with Gasteiger partial charge in [-0.3, -0.25) is 10.0 Å². The summed E-state index contributed by atoms with van der Waals surface area (Å²) in [6.45, 7) is 4.17. The molecule has 0 aliphatic carbocycles. The molecular weight excluding hydrogens is 362 g/mol. The van der Waals surface area contributed by atoms with E-state index >= 15 is 0 Å². The number of hydrogen-bond acceptors (Lipinski definition) is 6. The fourth-order valence-electron chi connectivity index (χ4n) is 2.68. The van der Waals surface area contributed by atoms with Gasteiger partial charge in [0.25, 0.3) is 5.91 Å². The van der Waals surface area contributed by atoms with Gasteiger partial charge in [0.05, 0.1) is 28.4 Å². The molecule has 0 saturated carbocycles. The Balaban J connectivity index is 2.49. The van der Waals surface area contributed by atoms with Crippen LogP contribution in [0.5, 0.6) is 23.0 Å². The van der Waals surface area contributed by atoms with Crippen molar-refractivity contribution < 1.29 is 28.9 Å². The summed E-state index contributed by atoms with van der Waals surface area (Å²) < 4.78 is 21.5. The molecule has 2 aromatic rings. The van der Waals surface area contributed by atoms with Gasteiger partial charge >= 0.3 is 0 Å². The Kier molecular flexibility index (Phi) is 7.06. The van der Waals surface area contributed by atoms with Crippen LogP contribution in [-0.4, -0.2) is 39.6 Å². The number of nitrogens with one attached hydrogen (secondary N) is 1. The summed E-state index contributed by atoms with van der Waals surface area (Å²) in [4.78, 5) is 11.3. The molecule has 1 amide bonds.